The van der Waals surface area contributed by atoms with Crippen molar-refractivity contribution in [1.82, 2.24) is 5.32 Å². The number of halogens is 1. The molecule has 0 bridgehead atoms. The van der Waals surface area contributed by atoms with Gasteiger partial charge in [-0.15, -0.1) is 0 Å². The Kier molecular flexibility index (Phi) is 3.49. The second-order valence-electron chi connectivity index (χ2n) is 5.37. The van der Waals surface area contributed by atoms with Crippen LogP contribution in [0.15, 0.2) is 18.2 Å². The summed E-state index contributed by atoms with van der Waals surface area (Å²) >= 11 is 5.94. The third-order valence-electron chi connectivity index (χ3n) is 3.44. The minimum Gasteiger partial charge on any atom is -0.347 e. The Morgan fingerprint density at radius 1 is 1.47 bits per heavy atom. The molecule has 1 amide bonds. The number of amides is 1. The number of benzene rings is 1. The van der Waals surface area contributed by atoms with E-state index in [4.69, 9.17) is 11.6 Å². The summed E-state index contributed by atoms with van der Waals surface area (Å²) in [5.41, 5.74) is -0.311. The molecule has 0 aliphatic heterocycles. The van der Waals surface area contributed by atoms with Crippen LogP contribution in [0.3, 0.4) is 0 Å². The van der Waals surface area contributed by atoms with Gasteiger partial charge < -0.3 is 5.32 Å². The van der Waals surface area contributed by atoms with Crippen LogP contribution in [0.4, 0.5) is 5.69 Å². The number of carbonyl (C=O) groups excluding carboxylic acids is 1. The highest BCUT2D eigenvalue weighted by Crippen LogP contribution is 2.39. The smallest absolute Gasteiger partial charge is 0.270 e. The maximum atomic E-state index is 12.2. The van der Waals surface area contributed by atoms with Gasteiger partial charge in [0.1, 0.15) is 0 Å². The molecule has 0 aromatic heterocycles. The van der Waals surface area contributed by atoms with Crippen molar-refractivity contribution >= 4 is 23.2 Å². The van der Waals surface area contributed by atoms with Gasteiger partial charge in [-0.2, -0.15) is 0 Å². The van der Waals surface area contributed by atoms with Crippen LogP contribution in [-0.2, 0) is 0 Å². The number of rotatable bonds is 4. The minimum atomic E-state index is -0.543. The molecule has 19 heavy (non-hydrogen) atoms. The van der Waals surface area contributed by atoms with Gasteiger partial charge in [0.2, 0.25) is 0 Å². The van der Waals surface area contributed by atoms with Crippen LogP contribution in [-0.4, -0.2) is 16.4 Å². The summed E-state index contributed by atoms with van der Waals surface area (Å²) in [6, 6.07) is 3.87. The molecule has 1 aliphatic carbocycles. The van der Waals surface area contributed by atoms with E-state index < -0.39 is 4.92 Å². The standard InChI is InChI=1S/C13H15ClN2O3/c1-13(2,8-3-4-8)15-12(17)10-7-9(16(18)19)5-6-11(10)14/h5-8H,3-4H2,1-2H3,(H,15,17). The van der Waals surface area contributed by atoms with Crippen molar-refractivity contribution in [2.24, 2.45) is 5.92 Å². The van der Waals surface area contributed by atoms with Crippen molar-refractivity contribution < 1.29 is 9.72 Å². The van der Waals surface area contributed by atoms with E-state index in [1.165, 1.54) is 18.2 Å². The number of hydrogen-bond donors (Lipinski definition) is 1. The maximum Gasteiger partial charge on any atom is 0.270 e. The molecule has 1 aromatic rings. The van der Waals surface area contributed by atoms with Crippen LogP contribution < -0.4 is 5.32 Å². The normalized spacial score (nSPS) is 15.1. The molecule has 0 heterocycles. The quantitative estimate of drug-likeness (QED) is 0.681. The molecule has 0 unspecified atom stereocenters. The number of nitro benzene ring substituents is 1. The van der Waals surface area contributed by atoms with Crippen molar-refractivity contribution in [3.8, 4) is 0 Å². The number of non-ortho nitro benzene ring substituents is 1. The average molecular weight is 283 g/mol. The molecule has 2 rings (SSSR count). The first-order chi connectivity index (χ1) is 8.81. The largest absolute Gasteiger partial charge is 0.347 e. The summed E-state index contributed by atoms with van der Waals surface area (Å²) in [5, 5.41) is 13.8. The molecular formula is C13H15ClN2O3. The third-order valence-corrected chi connectivity index (χ3v) is 3.77. The predicted molar refractivity (Wildman–Crippen MR) is 72.4 cm³/mol. The first-order valence-corrected chi connectivity index (χ1v) is 6.45. The van der Waals surface area contributed by atoms with Gasteiger partial charge in [-0.05, 0) is 38.7 Å². The number of hydrogen-bond acceptors (Lipinski definition) is 3. The summed E-state index contributed by atoms with van der Waals surface area (Å²) < 4.78 is 0. The van der Waals surface area contributed by atoms with Crippen LogP contribution >= 0.6 is 11.6 Å². The number of carbonyl (C=O) groups is 1. The molecule has 0 saturated heterocycles. The Morgan fingerprint density at radius 3 is 2.63 bits per heavy atom. The lowest BCUT2D eigenvalue weighted by Gasteiger charge is -2.26. The molecule has 5 nitrogen and oxygen atoms in total. The van der Waals surface area contributed by atoms with Gasteiger partial charge in [0.25, 0.3) is 11.6 Å². The van der Waals surface area contributed by atoms with Crippen molar-refractivity contribution in [2.75, 3.05) is 0 Å². The summed E-state index contributed by atoms with van der Waals surface area (Å²) in [6.07, 6.45) is 2.19. The molecule has 0 radical (unpaired) electrons. The molecule has 1 fully saturated rings. The zero-order chi connectivity index (χ0) is 14.2. The first-order valence-electron chi connectivity index (χ1n) is 6.08. The predicted octanol–water partition coefficient (Wildman–Crippen LogP) is 3.17. The van der Waals surface area contributed by atoms with Gasteiger partial charge in [-0.25, -0.2) is 0 Å². The van der Waals surface area contributed by atoms with Crippen LogP contribution in [0.5, 0.6) is 0 Å². The maximum absolute atomic E-state index is 12.2. The first kappa shape index (κ1) is 13.8. The monoisotopic (exact) mass is 282 g/mol. The molecule has 0 atom stereocenters. The topological polar surface area (TPSA) is 72.2 Å². The second-order valence-corrected chi connectivity index (χ2v) is 5.78. The molecule has 0 spiro atoms. The number of nitrogens with one attached hydrogen (secondary N) is 1. The van der Waals surface area contributed by atoms with Gasteiger partial charge in [0.15, 0.2) is 0 Å². The third kappa shape index (κ3) is 3.04. The molecule has 1 saturated carbocycles. The SMILES string of the molecule is CC(C)(NC(=O)c1cc([N+](=O)[O-])ccc1Cl)C1CC1. The van der Waals surface area contributed by atoms with Crippen molar-refractivity contribution in [2.45, 2.75) is 32.2 Å². The fraction of sp³-hybridized carbons (Fsp3) is 0.462. The zero-order valence-corrected chi connectivity index (χ0v) is 11.5. The summed E-state index contributed by atoms with van der Waals surface area (Å²) in [7, 11) is 0. The zero-order valence-electron chi connectivity index (χ0n) is 10.8. The Bertz CT molecular complexity index is 539. The van der Waals surface area contributed by atoms with Gasteiger partial charge >= 0.3 is 0 Å². The van der Waals surface area contributed by atoms with E-state index in [9.17, 15) is 14.9 Å². The Hall–Kier alpha value is -1.62. The summed E-state index contributed by atoms with van der Waals surface area (Å²) in [6.45, 7) is 3.90. The Morgan fingerprint density at radius 2 is 2.11 bits per heavy atom. The van der Waals surface area contributed by atoms with Crippen LogP contribution in [0.1, 0.15) is 37.0 Å². The van der Waals surface area contributed by atoms with Crippen molar-refractivity contribution in [1.29, 1.82) is 0 Å². The molecule has 1 aromatic carbocycles. The van der Waals surface area contributed by atoms with Gasteiger partial charge in [0, 0.05) is 17.7 Å². The van der Waals surface area contributed by atoms with E-state index in [1.54, 1.807) is 0 Å². The number of nitro groups is 1. The Balaban J connectivity index is 2.23. The molecule has 6 heteroatoms. The van der Waals surface area contributed by atoms with E-state index in [0.29, 0.717) is 5.92 Å². The molecule has 102 valence electrons. The van der Waals surface area contributed by atoms with Crippen molar-refractivity contribution in [3.05, 3.63) is 38.9 Å². The minimum absolute atomic E-state index is 0.140. The second kappa shape index (κ2) is 4.81. The van der Waals surface area contributed by atoms with E-state index in [2.05, 4.69) is 5.32 Å². The lowest BCUT2D eigenvalue weighted by Crippen LogP contribution is -2.45. The van der Waals surface area contributed by atoms with Crippen LogP contribution in [0.25, 0.3) is 0 Å². The van der Waals surface area contributed by atoms with E-state index in [1.807, 2.05) is 13.8 Å². The summed E-state index contributed by atoms with van der Waals surface area (Å²) in [5.74, 6) is 0.0968. The van der Waals surface area contributed by atoms with Gasteiger partial charge in [-0.3, -0.25) is 14.9 Å². The highest BCUT2D eigenvalue weighted by atomic mass is 35.5. The highest BCUT2D eigenvalue weighted by Gasteiger charge is 2.39. The van der Waals surface area contributed by atoms with Gasteiger partial charge in [0.05, 0.1) is 15.5 Å². The summed E-state index contributed by atoms with van der Waals surface area (Å²) in [4.78, 5) is 22.3. The molecular weight excluding hydrogens is 268 g/mol. The lowest BCUT2D eigenvalue weighted by molar-refractivity contribution is -0.384. The Labute approximate surface area is 116 Å². The fourth-order valence-corrected chi connectivity index (χ4v) is 2.27. The average Bonchev–Trinajstić information content (AvgIpc) is 3.12. The molecule has 1 N–H and O–H groups in total. The van der Waals surface area contributed by atoms with Crippen LogP contribution in [0.2, 0.25) is 5.02 Å². The number of nitrogens with zero attached hydrogens (tertiary/aromatic N) is 1. The highest BCUT2D eigenvalue weighted by molar-refractivity contribution is 6.34. The lowest BCUT2D eigenvalue weighted by atomic mass is 9.98. The van der Waals surface area contributed by atoms with E-state index >= 15 is 0 Å². The molecule has 1 aliphatic rings. The van der Waals surface area contributed by atoms with E-state index in [0.717, 1.165) is 12.8 Å². The van der Waals surface area contributed by atoms with Crippen molar-refractivity contribution in [3.63, 3.8) is 0 Å². The van der Waals surface area contributed by atoms with Crippen LogP contribution in [0, 0.1) is 16.0 Å². The fourth-order valence-electron chi connectivity index (χ4n) is 2.07. The van der Waals surface area contributed by atoms with Gasteiger partial charge in [-0.1, -0.05) is 11.6 Å². The van der Waals surface area contributed by atoms with E-state index in [-0.39, 0.29) is 27.7 Å².